The second-order valence-corrected chi connectivity index (χ2v) is 5.08. The minimum absolute atomic E-state index is 0.0542. The topological polar surface area (TPSA) is 39.2 Å². The van der Waals surface area contributed by atoms with Gasteiger partial charge < -0.3 is 4.74 Å². The highest BCUT2D eigenvalue weighted by Gasteiger charge is 2.36. The second kappa shape index (κ2) is 7.22. The Bertz CT molecular complexity index is 723. The van der Waals surface area contributed by atoms with Gasteiger partial charge in [-0.1, -0.05) is 6.07 Å². The fraction of sp³-hybridized carbons (Fsp3) is 0.250. The molecule has 0 bridgehead atoms. The molecular formula is C16H11F6NO2. The molecule has 0 fully saturated rings. The van der Waals surface area contributed by atoms with Gasteiger partial charge in [0.1, 0.15) is 5.69 Å². The number of hydrogen-bond donors (Lipinski definition) is 0. The predicted octanol–water partition coefficient (Wildman–Crippen LogP) is 4.65. The molecule has 0 aliphatic rings. The number of hydrogen-bond acceptors (Lipinski definition) is 3. The second-order valence-electron chi connectivity index (χ2n) is 5.08. The van der Waals surface area contributed by atoms with Gasteiger partial charge in [0.25, 0.3) is 0 Å². The number of carbonyl (C=O) groups is 1. The molecule has 0 saturated carbocycles. The maximum Gasteiger partial charge on any atom is 0.416 e. The van der Waals surface area contributed by atoms with E-state index in [1.165, 1.54) is 18.2 Å². The van der Waals surface area contributed by atoms with Gasteiger partial charge in [0.2, 0.25) is 0 Å². The van der Waals surface area contributed by atoms with E-state index >= 15 is 0 Å². The third kappa shape index (κ3) is 5.28. The molecule has 0 unspecified atom stereocenters. The van der Waals surface area contributed by atoms with Crippen molar-refractivity contribution < 1.29 is 35.9 Å². The van der Waals surface area contributed by atoms with Crippen LogP contribution in [0.3, 0.4) is 0 Å². The SMILES string of the molecule is O=Cc1cccc(COCc2cc(C(F)(F)F)cc(C(F)(F)F)c2)n1. The number of rotatable bonds is 5. The highest BCUT2D eigenvalue weighted by atomic mass is 19.4. The molecule has 9 heteroatoms. The Morgan fingerprint density at radius 2 is 1.52 bits per heavy atom. The van der Waals surface area contributed by atoms with Crippen molar-refractivity contribution in [3.8, 4) is 0 Å². The van der Waals surface area contributed by atoms with Gasteiger partial charge in [-0.25, -0.2) is 4.98 Å². The molecule has 0 aliphatic heterocycles. The summed E-state index contributed by atoms with van der Waals surface area (Å²) in [4.78, 5) is 14.5. The molecule has 134 valence electrons. The largest absolute Gasteiger partial charge is 0.416 e. The van der Waals surface area contributed by atoms with E-state index in [0.717, 1.165) is 0 Å². The van der Waals surface area contributed by atoms with Crippen molar-refractivity contribution in [2.24, 2.45) is 0 Å². The number of nitrogens with zero attached hydrogens (tertiary/aromatic N) is 1. The van der Waals surface area contributed by atoms with Crippen molar-refractivity contribution in [1.29, 1.82) is 0 Å². The van der Waals surface area contributed by atoms with Crippen LogP contribution in [0.15, 0.2) is 36.4 Å². The molecule has 0 atom stereocenters. The molecule has 1 aromatic carbocycles. The molecule has 2 rings (SSSR count). The van der Waals surface area contributed by atoms with Crippen LogP contribution in [0.1, 0.15) is 32.9 Å². The highest BCUT2D eigenvalue weighted by molar-refractivity contribution is 5.71. The maximum atomic E-state index is 12.8. The van der Waals surface area contributed by atoms with Crippen LogP contribution in [-0.2, 0) is 30.3 Å². The molecule has 0 aliphatic carbocycles. The first kappa shape index (κ1) is 18.9. The van der Waals surface area contributed by atoms with E-state index in [0.29, 0.717) is 24.1 Å². The monoisotopic (exact) mass is 363 g/mol. The number of ether oxygens (including phenoxy) is 1. The molecule has 0 N–H and O–H groups in total. The van der Waals surface area contributed by atoms with Crippen LogP contribution < -0.4 is 0 Å². The Labute approximate surface area is 138 Å². The Kier molecular flexibility index (Phi) is 5.46. The zero-order valence-electron chi connectivity index (χ0n) is 12.5. The van der Waals surface area contributed by atoms with Crippen LogP contribution in [0.25, 0.3) is 0 Å². The number of aromatic nitrogens is 1. The van der Waals surface area contributed by atoms with E-state index in [9.17, 15) is 31.1 Å². The smallest absolute Gasteiger partial charge is 0.370 e. The van der Waals surface area contributed by atoms with Gasteiger partial charge in [-0.15, -0.1) is 0 Å². The van der Waals surface area contributed by atoms with E-state index in [4.69, 9.17) is 4.74 Å². The van der Waals surface area contributed by atoms with E-state index in [2.05, 4.69) is 4.98 Å². The van der Waals surface area contributed by atoms with Crippen molar-refractivity contribution in [1.82, 2.24) is 4.98 Å². The van der Waals surface area contributed by atoms with Crippen molar-refractivity contribution in [2.45, 2.75) is 25.6 Å². The first-order chi connectivity index (χ1) is 11.6. The first-order valence-electron chi connectivity index (χ1n) is 6.87. The van der Waals surface area contributed by atoms with Gasteiger partial charge in [-0.3, -0.25) is 4.79 Å². The molecule has 0 amide bonds. The number of pyridine rings is 1. The van der Waals surface area contributed by atoms with Crippen LogP contribution in [0.4, 0.5) is 26.3 Å². The normalized spacial score (nSPS) is 12.2. The molecule has 1 aromatic heterocycles. The summed E-state index contributed by atoms with van der Waals surface area (Å²) in [6.07, 6.45) is -9.31. The van der Waals surface area contributed by atoms with Crippen LogP contribution in [0, 0.1) is 0 Å². The summed E-state index contributed by atoms with van der Waals surface area (Å²) in [5.41, 5.74) is -2.61. The molecule has 0 radical (unpaired) electrons. The lowest BCUT2D eigenvalue weighted by atomic mass is 10.1. The summed E-state index contributed by atoms with van der Waals surface area (Å²) in [5, 5.41) is 0. The average molecular weight is 363 g/mol. The Hall–Kier alpha value is -2.42. The standard InChI is InChI=1S/C16H11F6NO2/c17-15(18,19)11-4-10(5-12(6-11)16(20,21)22)8-25-9-14-3-1-2-13(7-24)23-14/h1-7H,8-9H2. The van der Waals surface area contributed by atoms with E-state index in [-0.39, 0.29) is 23.9 Å². The van der Waals surface area contributed by atoms with Crippen LogP contribution in [-0.4, -0.2) is 11.3 Å². The lowest BCUT2D eigenvalue weighted by molar-refractivity contribution is -0.143. The van der Waals surface area contributed by atoms with Crippen molar-refractivity contribution in [2.75, 3.05) is 0 Å². The quantitative estimate of drug-likeness (QED) is 0.574. The first-order valence-corrected chi connectivity index (χ1v) is 6.87. The summed E-state index contributed by atoms with van der Waals surface area (Å²) in [6, 6.07) is 5.74. The van der Waals surface area contributed by atoms with Gasteiger partial charge in [0.15, 0.2) is 6.29 Å². The van der Waals surface area contributed by atoms with Crippen LogP contribution in [0.5, 0.6) is 0 Å². The Morgan fingerprint density at radius 3 is 2.04 bits per heavy atom. The molecule has 3 nitrogen and oxygen atoms in total. The third-order valence-electron chi connectivity index (χ3n) is 3.12. The minimum Gasteiger partial charge on any atom is -0.370 e. The Morgan fingerprint density at radius 1 is 0.920 bits per heavy atom. The van der Waals surface area contributed by atoms with Gasteiger partial charge in [0, 0.05) is 0 Å². The predicted molar refractivity (Wildman–Crippen MR) is 74.6 cm³/mol. The molecule has 0 saturated heterocycles. The molecule has 0 spiro atoms. The number of aldehydes is 1. The molecule has 1 heterocycles. The third-order valence-corrected chi connectivity index (χ3v) is 3.12. The van der Waals surface area contributed by atoms with E-state index in [1.54, 1.807) is 0 Å². The molecule has 25 heavy (non-hydrogen) atoms. The highest BCUT2D eigenvalue weighted by Crippen LogP contribution is 2.36. The van der Waals surface area contributed by atoms with Crippen LogP contribution in [0.2, 0.25) is 0 Å². The number of alkyl halides is 6. The summed E-state index contributed by atoms with van der Waals surface area (Å²) in [7, 11) is 0. The average Bonchev–Trinajstić information content (AvgIpc) is 2.53. The van der Waals surface area contributed by atoms with Gasteiger partial charge >= 0.3 is 12.4 Å². The van der Waals surface area contributed by atoms with Gasteiger partial charge in [0.05, 0.1) is 30.0 Å². The lowest BCUT2D eigenvalue weighted by Crippen LogP contribution is -2.12. The van der Waals surface area contributed by atoms with Crippen molar-refractivity contribution in [3.05, 3.63) is 64.5 Å². The fourth-order valence-corrected chi connectivity index (χ4v) is 2.02. The summed E-state index contributed by atoms with van der Waals surface area (Å²) >= 11 is 0. The van der Waals surface area contributed by atoms with Crippen LogP contribution >= 0.6 is 0 Å². The molecule has 2 aromatic rings. The fourth-order valence-electron chi connectivity index (χ4n) is 2.02. The van der Waals surface area contributed by atoms with Crippen molar-refractivity contribution in [3.63, 3.8) is 0 Å². The minimum atomic E-state index is -4.91. The maximum absolute atomic E-state index is 12.8. The summed E-state index contributed by atoms with van der Waals surface area (Å²) in [5.74, 6) is 0. The Balaban J connectivity index is 2.16. The number of halogens is 6. The number of benzene rings is 1. The van der Waals surface area contributed by atoms with Gasteiger partial charge in [-0.2, -0.15) is 26.3 Å². The summed E-state index contributed by atoms with van der Waals surface area (Å²) < 4.78 is 81.7. The molecular weight excluding hydrogens is 352 g/mol. The van der Waals surface area contributed by atoms with Gasteiger partial charge in [-0.05, 0) is 35.9 Å². The zero-order chi connectivity index (χ0) is 18.7. The van der Waals surface area contributed by atoms with E-state index < -0.39 is 30.1 Å². The number of carbonyl (C=O) groups excluding carboxylic acids is 1. The summed E-state index contributed by atoms with van der Waals surface area (Å²) in [6.45, 7) is -0.640. The van der Waals surface area contributed by atoms with Crippen molar-refractivity contribution >= 4 is 6.29 Å². The zero-order valence-corrected chi connectivity index (χ0v) is 12.5. The van der Waals surface area contributed by atoms with E-state index in [1.807, 2.05) is 0 Å². The lowest BCUT2D eigenvalue weighted by Gasteiger charge is -2.14.